The number of rotatable bonds is 10. The molecule has 3 aromatic carbocycles. The van der Waals surface area contributed by atoms with E-state index in [0.717, 1.165) is 9.87 Å². The molecule has 208 valence electrons. The maximum atomic E-state index is 13.7. The molecule has 40 heavy (non-hydrogen) atoms. The Balaban J connectivity index is 1.59. The molecule has 0 aliphatic rings. The second kappa shape index (κ2) is 11.9. The molecule has 14 heteroatoms. The van der Waals surface area contributed by atoms with Gasteiger partial charge in [-0.15, -0.1) is 0 Å². The van der Waals surface area contributed by atoms with Crippen LogP contribution in [0.2, 0.25) is 5.02 Å². The second-order valence-electron chi connectivity index (χ2n) is 8.39. The van der Waals surface area contributed by atoms with Gasteiger partial charge in [-0.25, -0.2) is 31.5 Å². The van der Waals surface area contributed by atoms with Crippen LogP contribution in [0.3, 0.4) is 0 Å². The molecular formula is C26H24ClN5O6S2. The smallest absolute Gasteiger partial charge is 0.264 e. The Bertz CT molecular complexity index is 1720. The average Bonchev–Trinajstić information content (AvgIpc) is 2.92. The zero-order valence-corrected chi connectivity index (χ0v) is 23.7. The molecule has 0 saturated carbocycles. The van der Waals surface area contributed by atoms with E-state index in [9.17, 15) is 21.6 Å². The molecule has 0 fully saturated rings. The van der Waals surface area contributed by atoms with Crippen molar-refractivity contribution in [2.75, 3.05) is 28.0 Å². The number of carbonyl (C=O) groups excluding carboxylic acids is 1. The monoisotopic (exact) mass is 601 g/mol. The number of nitrogens with one attached hydrogen (secondary N) is 2. The molecule has 0 aliphatic heterocycles. The van der Waals surface area contributed by atoms with Gasteiger partial charge in [-0.2, -0.15) is 0 Å². The van der Waals surface area contributed by atoms with E-state index in [2.05, 4.69) is 20.0 Å². The number of benzene rings is 3. The number of halogens is 1. The van der Waals surface area contributed by atoms with Crippen molar-refractivity contribution in [1.29, 1.82) is 0 Å². The van der Waals surface area contributed by atoms with Crippen molar-refractivity contribution in [1.82, 2.24) is 9.97 Å². The highest BCUT2D eigenvalue weighted by molar-refractivity contribution is 7.93. The van der Waals surface area contributed by atoms with E-state index in [0.29, 0.717) is 0 Å². The molecule has 2 N–H and O–H groups in total. The number of carbonyl (C=O) groups is 1. The summed E-state index contributed by atoms with van der Waals surface area (Å²) in [5, 5.41) is 2.84. The number of aromatic nitrogens is 2. The summed E-state index contributed by atoms with van der Waals surface area (Å²) in [6, 6.07) is 17.5. The molecule has 1 aromatic heterocycles. The molecule has 1 heterocycles. The fourth-order valence-electron chi connectivity index (χ4n) is 3.57. The van der Waals surface area contributed by atoms with Crippen LogP contribution in [-0.2, 0) is 24.8 Å². The molecule has 4 aromatic rings. The molecule has 0 spiro atoms. The molecule has 0 atom stereocenters. The molecule has 4 rings (SSSR count). The molecule has 0 bridgehead atoms. The summed E-state index contributed by atoms with van der Waals surface area (Å²) >= 11 is 6.16. The number of sulfonamides is 2. The van der Waals surface area contributed by atoms with E-state index in [-0.39, 0.29) is 37.9 Å². The van der Waals surface area contributed by atoms with E-state index < -0.39 is 32.5 Å². The number of nitrogens with zero attached hydrogens (tertiary/aromatic N) is 3. The van der Waals surface area contributed by atoms with Crippen LogP contribution in [-0.4, -0.2) is 46.4 Å². The molecule has 0 unspecified atom stereocenters. The highest BCUT2D eigenvalue weighted by Gasteiger charge is 2.30. The summed E-state index contributed by atoms with van der Waals surface area (Å²) in [6.07, 6.45) is 2.79. The third-order valence-corrected chi connectivity index (χ3v) is 8.90. The first-order chi connectivity index (χ1) is 19.0. The standard InChI is InChI=1S/C26H24ClN5O6S2/c1-18-4-9-22(10-5-18)40(36,37)32(23-16-19(27)6-13-24(23)38-2)17-25(33)30-20-7-11-21(12-8-20)39(34,35)31-26-28-14-3-15-29-26/h3-16H,17H2,1-2H3,(H,30,33)(H,28,29,31). The topological polar surface area (TPSA) is 148 Å². The number of methoxy groups -OCH3 is 1. The molecular weight excluding hydrogens is 578 g/mol. The minimum atomic E-state index is -4.23. The van der Waals surface area contributed by atoms with Gasteiger partial charge in [0, 0.05) is 23.1 Å². The van der Waals surface area contributed by atoms with Gasteiger partial charge in [-0.05, 0) is 67.6 Å². The third kappa shape index (κ3) is 6.68. The van der Waals surface area contributed by atoms with Crippen LogP contribution < -0.4 is 19.1 Å². The van der Waals surface area contributed by atoms with Gasteiger partial charge in [-0.1, -0.05) is 29.3 Å². The maximum Gasteiger partial charge on any atom is 0.264 e. The zero-order chi connectivity index (χ0) is 28.9. The normalized spacial score (nSPS) is 11.5. The lowest BCUT2D eigenvalue weighted by molar-refractivity contribution is -0.114. The molecule has 0 saturated heterocycles. The van der Waals surface area contributed by atoms with E-state index in [1.807, 2.05) is 6.92 Å². The van der Waals surface area contributed by atoms with Gasteiger partial charge >= 0.3 is 0 Å². The Morgan fingerprint density at radius 1 is 0.925 bits per heavy atom. The Kier molecular flexibility index (Phi) is 8.57. The lowest BCUT2D eigenvalue weighted by Crippen LogP contribution is -2.38. The van der Waals surface area contributed by atoms with Crippen LogP contribution >= 0.6 is 11.6 Å². The fraction of sp³-hybridized carbons (Fsp3) is 0.115. The number of hydrogen-bond acceptors (Lipinski definition) is 8. The highest BCUT2D eigenvalue weighted by Crippen LogP contribution is 2.35. The quantitative estimate of drug-likeness (QED) is 0.276. The summed E-state index contributed by atoms with van der Waals surface area (Å²) in [5.41, 5.74) is 1.17. The van der Waals surface area contributed by atoms with E-state index in [1.54, 1.807) is 18.2 Å². The summed E-state index contributed by atoms with van der Waals surface area (Å²) < 4.78 is 61.1. The lowest BCUT2D eigenvalue weighted by atomic mass is 10.2. The summed E-state index contributed by atoms with van der Waals surface area (Å²) in [5.74, 6) is -0.590. The lowest BCUT2D eigenvalue weighted by Gasteiger charge is -2.26. The first-order valence-electron chi connectivity index (χ1n) is 11.6. The van der Waals surface area contributed by atoms with Gasteiger partial charge in [0.2, 0.25) is 11.9 Å². The largest absolute Gasteiger partial charge is 0.495 e. The third-order valence-electron chi connectivity index (χ3n) is 5.55. The van der Waals surface area contributed by atoms with Crippen molar-refractivity contribution in [3.05, 3.63) is 95.8 Å². The number of amides is 1. The molecule has 0 aliphatic carbocycles. The number of ether oxygens (including phenoxy) is 1. The van der Waals surface area contributed by atoms with Gasteiger partial charge in [0.05, 0.1) is 22.6 Å². The number of anilines is 3. The predicted molar refractivity (Wildman–Crippen MR) is 152 cm³/mol. The van der Waals surface area contributed by atoms with Crippen LogP contribution in [0, 0.1) is 6.92 Å². The Hall–Kier alpha value is -4.20. The summed E-state index contributed by atoms with van der Waals surface area (Å²) in [6.45, 7) is 1.20. The van der Waals surface area contributed by atoms with Crippen molar-refractivity contribution in [3.63, 3.8) is 0 Å². The predicted octanol–water partition coefficient (Wildman–Crippen LogP) is 4.08. The van der Waals surface area contributed by atoms with Crippen molar-refractivity contribution in [2.24, 2.45) is 0 Å². The van der Waals surface area contributed by atoms with E-state index in [1.165, 1.54) is 74.1 Å². The molecule has 11 nitrogen and oxygen atoms in total. The van der Waals surface area contributed by atoms with Crippen LogP contribution in [0.25, 0.3) is 0 Å². The first-order valence-corrected chi connectivity index (χ1v) is 14.9. The minimum absolute atomic E-state index is 0.0302. The van der Waals surface area contributed by atoms with Crippen molar-refractivity contribution in [3.8, 4) is 5.75 Å². The summed E-state index contributed by atoms with van der Waals surface area (Å²) in [7, 11) is -6.84. The van der Waals surface area contributed by atoms with Gasteiger partial charge < -0.3 is 10.1 Å². The van der Waals surface area contributed by atoms with Crippen LogP contribution in [0.15, 0.2) is 95.0 Å². The maximum absolute atomic E-state index is 13.7. The van der Waals surface area contributed by atoms with E-state index >= 15 is 0 Å². The number of hydrogen-bond donors (Lipinski definition) is 2. The van der Waals surface area contributed by atoms with Gasteiger partial charge in [-0.3, -0.25) is 9.10 Å². The Morgan fingerprint density at radius 2 is 1.55 bits per heavy atom. The van der Waals surface area contributed by atoms with Crippen LogP contribution in [0.1, 0.15) is 5.56 Å². The van der Waals surface area contributed by atoms with Gasteiger partial charge in [0.25, 0.3) is 20.0 Å². The van der Waals surface area contributed by atoms with Crippen LogP contribution in [0.4, 0.5) is 17.3 Å². The van der Waals surface area contributed by atoms with E-state index in [4.69, 9.17) is 16.3 Å². The van der Waals surface area contributed by atoms with Crippen molar-refractivity contribution in [2.45, 2.75) is 16.7 Å². The number of aryl methyl sites for hydroxylation is 1. The average molecular weight is 602 g/mol. The Morgan fingerprint density at radius 3 is 2.17 bits per heavy atom. The van der Waals surface area contributed by atoms with Gasteiger partial charge in [0.1, 0.15) is 12.3 Å². The molecule has 0 radical (unpaired) electrons. The molecule has 1 amide bonds. The zero-order valence-electron chi connectivity index (χ0n) is 21.3. The highest BCUT2D eigenvalue weighted by atomic mass is 35.5. The minimum Gasteiger partial charge on any atom is -0.495 e. The first kappa shape index (κ1) is 28.8. The fourth-order valence-corrected chi connectivity index (χ4v) is 6.12. The van der Waals surface area contributed by atoms with Gasteiger partial charge in [0.15, 0.2) is 0 Å². The Labute approximate surface area is 236 Å². The van der Waals surface area contributed by atoms with Crippen molar-refractivity contribution < 1.29 is 26.4 Å². The van der Waals surface area contributed by atoms with Crippen molar-refractivity contribution >= 4 is 54.9 Å². The van der Waals surface area contributed by atoms with Crippen LogP contribution in [0.5, 0.6) is 5.75 Å². The SMILES string of the molecule is COc1ccc(Cl)cc1N(CC(=O)Nc1ccc(S(=O)(=O)Nc2ncccn2)cc1)S(=O)(=O)c1ccc(C)cc1. The summed E-state index contributed by atoms with van der Waals surface area (Å²) in [4.78, 5) is 20.6. The second-order valence-corrected chi connectivity index (χ2v) is 12.4.